The fourth-order valence-electron chi connectivity index (χ4n) is 4.09. The molecule has 162 valence electrons. The number of hydrogen-bond acceptors (Lipinski definition) is 3. The van der Waals surface area contributed by atoms with Crippen LogP contribution >= 0.6 is 0 Å². The molecule has 2 heterocycles. The Bertz CT molecular complexity index is 971. The molecule has 0 radical (unpaired) electrons. The summed E-state index contributed by atoms with van der Waals surface area (Å²) in [6, 6.07) is 13.0. The van der Waals surface area contributed by atoms with E-state index in [2.05, 4.69) is 5.32 Å². The Morgan fingerprint density at radius 1 is 1.03 bits per heavy atom. The van der Waals surface area contributed by atoms with Gasteiger partial charge in [-0.1, -0.05) is 6.07 Å². The number of amides is 3. The van der Waals surface area contributed by atoms with Crippen LogP contribution in [0.3, 0.4) is 0 Å². The van der Waals surface area contributed by atoms with Gasteiger partial charge in [0.1, 0.15) is 5.82 Å². The molecule has 0 bridgehead atoms. The maximum absolute atomic E-state index is 13.2. The monoisotopic (exact) mass is 425 g/mol. The topological polar surface area (TPSA) is 74.2 Å². The molecule has 4 rings (SSSR count). The summed E-state index contributed by atoms with van der Waals surface area (Å²) < 4.78 is 13.2. The number of hydrogen-bond donors (Lipinski definition) is 2. The Labute approximate surface area is 180 Å². The number of halogens is 1. The van der Waals surface area contributed by atoms with Crippen molar-refractivity contribution in [3.8, 4) is 0 Å². The highest BCUT2D eigenvalue weighted by Crippen LogP contribution is 2.22. The van der Waals surface area contributed by atoms with Crippen molar-refractivity contribution in [2.45, 2.75) is 12.8 Å². The van der Waals surface area contributed by atoms with Crippen molar-refractivity contribution < 1.29 is 23.7 Å². The lowest BCUT2D eigenvalue weighted by Gasteiger charge is -2.32. The van der Waals surface area contributed by atoms with Crippen LogP contribution in [0.1, 0.15) is 23.2 Å². The van der Waals surface area contributed by atoms with E-state index in [1.54, 1.807) is 34.1 Å². The minimum Gasteiger partial charge on any atom is -0.327 e. The predicted molar refractivity (Wildman–Crippen MR) is 115 cm³/mol. The minimum atomic E-state index is -0.391. The van der Waals surface area contributed by atoms with Gasteiger partial charge in [0.05, 0.1) is 26.2 Å². The normalized spacial score (nSPS) is 17.1. The van der Waals surface area contributed by atoms with Crippen molar-refractivity contribution in [3.05, 3.63) is 59.9 Å². The van der Waals surface area contributed by atoms with E-state index in [0.29, 0.717) is 43.9 Å². The van der Waals surface area contributed by atoms with Crippen LogP contribution in [0.15, 0.2) is 48.5 Å². The Morgan fingerprint density at radius 2 is 1.77 bits per heavy atom. The molecule has 31 heavy (non-hydrogen) atoms. The Balaban J connectivity index is 1.26. The zero-order valence-electron chi connectivity index (χ0n) is 17.3. The van der Waals surface area contributed by atoms with E-state index in [1.165, 1.54) is 12.1 Å². The van der Waals surface area contributed by atoms with E-state index in [9.17, 15) is 18.8 Å². The summed E-state index contributed by atoms with van der Waals surface area (Å²) in [7, 11) is 0. The SMILES string of the molecule is O=C(C[NH+]1CCN(C(=O)c2ccc(N3CCCC3=O)cc2)CC1)Nc1cccc(F)c1. The second kappa shape index (κ2) is 9.26. The summed E-state index contributed by atoms with van der Waals surface area (Å²) in [5.74, 6) is -0.480. The minimum absolute atomic E-state index is 0.0393. The molecule has 0 aromatic heterocycles. The molecule has 8 heteroatoms. The number of anilines is 2. The molecule has 2 saturated heterocycles. The van der Waals surface area contributed by atoms with E-state index >= 15 is 0 Å². The average Bonchev–Trinajstić information content (AvgIpc) is 3.20. The van der Waals surface area contributed by atoms with Gasteiger partial charge in [-0.05, 0) is 48.9 Å². The number of carbonyl (C=O) groups is 3. The maximum atomic E-state index is 13.2. The van der Waals surface area contributed by atoms with Gasteiger partial charge in [-0.25, -0.2) is 4.39 Å². The van der Waals surface area contributed by atoms with Crippen LogP contribution in [0.2, 0.25) is 0 Å². The summed E-state index contributed by atoms with van der Waals surface area (Å²) in [6.07, 6.45) is 1.44. The highest BCUT2D eigenvalue weighted by Gasteiger charge is 2.27. The fourth-order valence-corrected chi connectivity index (χ4v) is 4.09. The Morgan fingerprint density at radius 3 is 2.42 bits per heavy atom. The third-order valence-electron chi connectivity index (χ3n) is 5.78. The fraction of sp³-hybridized carbons (Fsp3) is 0.348. The van der Waals surface area contributed by atoms with Gasteiger partial charge in [-0.3, -0.25) is 14.4 Å². The molecule has 2 aromatic rings. The first-order valence-corrected chi connectivity index (χ1v) is 10.6. The van der Waals surface area contributed by atoms with E-state index in [-0.39, 0.29) is 24.3 Å². The number of rotatable bonds is 5. The van der Waals surface area contributed by atoms with E-state index in [1.807, 2.05) is 12.1 Å². The number of nitrogens with one attached hydrogen (secondary N) is 2. The molecule has 0 atom stereocenters. The van der Waals surface area contributed by atoms with Crippen molar-refractivity contribution in [1.82, 2.24) is 4.90 Å². The molecule has 2 aromatic carbocycles. The first-order chi connectivity index (χ1) is 15.0. The summed E-state index contributed by atoms with van der Waals surface area (Å²) in [4.78, 5) is 41.6. The molecular weight excluding hydrogens is 399 g/mol. The van der Waals surface area contributed by atoms with Crippen LogP contribution in [0.25, 0.3) is 0 Å². The van der Waals surface area contributed by atoms with Crippen molar-refractivity contribution in [3.63, 3.8) is 0 Å². The van der Waals surface area contributed by atoms with Crippen molar-refractivity contribution >= 4 is 29.1 Å². The Kier molecular flexibility index (Phi) is 6.27. The maximum Gasteiger partial charge on any atom is 0.279 e. The van der Waals surface area contributed by atoms with Crippen LogP contribution < -0.4 is 15.1 Å². The smallest absolute Gasteiger partial charge is 0.279 e. The van der Waals surface area contributed by atoms with Gasteiger partial charge < -0.3 is 20.0 Å². The second-order valence-electron chi connectivity index (χ2n) is 7.97. The number of piperazine rings is 1. The number of quaternary nitrogens is 1. The molecule has 0 spiro atoms. The highest BCUT2D eigenvalue weighted by atomic mass is 19.1. The van der Waals surface area contributed by atoms with Crippen LogP contribution in [0.5, 0.6) is 0 Å². The quantitative estimate of drug-likeness (QED) is 0.749. The Hall–Kier alpha value is -3.26. The lowest BCUT2D eigenvalue weighted by molar-refractivity contribution is -0.895. The lowest BCUT2D eigenvalue weighted by Crippen LogP contribution is -3.15. The predicted octanol–water partition coefficient (Wildman–Crippen LogP) is 0.932. The highest BCUT2D eigenvalue weighted by molar-refractivity contribution is 5.97. The third-order valence-corrected chi connectivity index (χ3v) is 5.78. The first kappa shape index (κ1) is 21.0. The van der Waals surface area contributed by atoms with E-state index in [4.69, 9.17) is 0 Å². The molecule has 0 saturated carbocycles. The molecule has 2 aliphatic rings. The van der Waals surface area contributed by atoms with Crippen molar-refractivity contribution in [2.24, 2.45) is 0 Å². The van der Waals surface area contributed by atoms with Gasteiger partial charge in [-0.2, -0.15) is 0 Å². The standard InChI is InChI=1S/C23H25FN4O3/c24-18-3-1-4-19(15-18)25-21(29)16-26-11-13-27(14-12-26)23(31)17-6-8-20(9-7-17)28-10-2-5-22(28)30/h1,3-4,6-9,15H,2,5,10-14,16H2,(H,25,29)/p+1. The molecule has 2 aliphatic heterocycles. The molecule has 2 N–H and O–H groups in total. The van der Waals surface area contributed by atoms with Gasteiger partial charge in [-0.15, -0.1) is 0 Å². The largest absolute Gasteiger partial charge is 0.327 e. The molecule has 0 aliphatic carbocycles. The molecule has 7 nitrogen and oxygen atoms in total. The zero-order valence-corrected chi connectivity index (χ0v) is 17.3. The first-order valence-electron chi connectivity index (χ1n) is 10.6. The molecular formula is C23H26FN4O3+. The number of benzene rings is 2. The van der Waals surface area contributed by atoms with Gasteiger partial charge in [0.25, 0.3) is 11.8 Å². The van der Waals surface area contributed by atoms with Crippen LogP contribution in [0, 0.1) is 5.82 Å². The molecule has 3 amide bonds. The lowest BCUT2D eigenvalue weighted by atomic mass is 10.1. The molecule has 0 unspecified atom stereocenters. The van der Waals surface area contributed by atoms with Gasteiger partial charge in [0.2, 0.25) is 5.91 Å². The van der Waals surface area contributed by atoms with E-state index in [0.717, 1.165) is 23.6 Å². The van der Waals surface area contributed by atoms with Gasteiger partial charge in [0.15, 0.2) is 6.54 Å². The average molecular weight is 425 g/mol. The van der Waals surface area contributed by atoms with Crippen LogP contribution in [0.4, 0.5) is 15.8 Å². The van der Waals surface area contributed by atoms with E-state index < -0.39 is 5.82 Å². The number of carbonyl (C=O) groups excluding carboxylic acids is 3. The third kappa shape index (κ3) is 5.08. The summed E-state index contributed by atoms with van der Waals surface area (Å²) in [6.45, 7) is 3.47. The van der Waals surface area contributed by atoms with Crippen molar-refractivity contribution in [1.29, 1.82) is 0 Å². The number of nitrogens with zero attached hydrogens (tertiary/aromatic N) is 2. The second-order valence-corrected chi connectivity index (χ2v) is 7.97. The van der Waals surface area contributed by atoms with Crippen LogP contribution in [-0.2, 0) is 9.59 Å². The van der Waals surface area contributed by atoms with Gasteiger partial charge >= 0.3 is 0 Å². The summed E-state index contributed by atoms with van der Waals surface area (Å²) in [5.41, 5.74) is 1.87. The summed E-state index contributed by atoms with van der Waals surface area (Å²) >= 11 is 0. The van der Waals surface area contributed by atoms with Crippen LogP contribution in [-0.4, -0.2) is 61.9 Å². The zero-order chi connectivity index (χ0) is 21.8. The van der Waals surface area contributed by atoms with Gasteiger partial charge in [0, 0.05) is 29.9 Å². The molecule has 2 fully saturated rings. The van der Waals surface area contributed by atoms with Crippen molar-refractivity contribution in [2.75, 3.05) is 49.5 Å². The summed E-state index contributed by atoms with van der Waals surface area (Å²) in [5, 5.41) is 2.71.